The number of carbonyl (C=O) groups is 1. The lowest BCUT2D eigenvalue weighted by molar-refractivity contribution is -0.144. The Balaban J connectivity index is 2.15. The number of para-hydroxylation sites is 1. The van der Waals surface area contributed by atoms with E-state index in [1.165, 1.54) is 5.56 Å². The molecule has 0 saturated carbocycles. The first kappa shape index (κ1) is 13.9. The second-order valence-electron chi connectivity index (χ2n) is 5.51. The van der Waals surface area contributed by atoms with Crippen LogP contribution in [0.1, 0.15) is 31.9 Å². The third kappa shape index (κ3) is 3.07. The van der Waals surface area contributed by atoms with Gasteiger partial charge in [-0.3, -0.25) is 4.79 Å². The Morgan fingerprint density at radius 3 is 2.95 bits per heavy atom. The molecule has 19 heavy (non-hydrogen) atoms. The molecular weight excluding hydrogens is 242 g/mol. The molecule has 0 amide bonds. The van der Waals surface area contributed by atoms with Crippen molar-refractivity contribution in [2.45, 2.75) is 45.3 Å². The van der Waals surface area contributed by atoms with Crippen molar-refractivity contribution in [2.24, 2.45) is 5.73 Å². The van der Waals surface area contributed by atoms with E-state index in [9.17, 15) is 4.79 Å². The summed E-state index contributed by atoms with van der Waals surface area (Å²) in [6.45, 7) is 6.24. The van der Waals surface area contributed by atoms with Crippen molar-refractivity contribution in [2.75, 3.05) is 6.61 Å². The average molecular weight is 263 g/mol. The maximum Gasteiger partial charge on any atom is 0.323 e. The second-order valence-corrected chi connectivity index (χ2v) is 5.51. The van der Waals surface area contributed by atoms with Crippen LogP contribution in [0.3, 0.4) is 0 Å². The number of rotatable bonds is 4. The van der Waals surface area contributed by atoms with Crippen LogP contribution < -0.4 is 10.5 Å². The second kappa shape index (κ2) is 5.21. The summed E-state index contributed by atoms with van der Waals surface area (Å²) in [5, 5.41) is 0. The molecule has 0 spiro atoms. The minimum Gasteiger partial charge on any atom is -0.487 e. The van der Waals surface area contributed by atoms with Crippen LogP contribution in [0.15, 0.2) is 18.2 Å². The Morgan fingerprint density at radius 2 is 2.26 bits per heavy atom. The normalized spacial score (nSPS) is 17.5. The summed E-state index contributed by atoms with van der Waals surface area (Å²) < 4.78 is 10.9. The summed E-state index contributed by atoms with van der Waals surface area (Å²) in [6.07, 6.45) is 1.32. The summed E-state index contributed by atoms with van der Waals surface area (Å²) >= 11 is 0. The highest BCUT2D eigenvalue weighted by molar-refractivity contribution is 5.76. The molecule has 104 valence electrons. The summed E-state index contributed by atoms with van der Waals surface area (Å²) in [4.78, 5) is 11.6. The topological polar surface area (TPSA) is 61.5 Å². The zero-order valence-corrected chi connectivity index (χ0v) is 11.7. The molecular formula is C15H21NO3. The molecule has 0 aromatic heterocycles. The average Bonchev–Trinajstić information content (AvgIpc) is 2.64. The van der Waals surface area contributed by atoms with Crippen LogP contribution in [0, 0.1) is 0 Å². The maximum absolute atomic E-state index is 11.6. The van der Waals surface area contributed by atoms with Gasteiger partial charge in [-0.2, -0.15) is 0 Å². The van der Waals surface area contributed by atoms with E-state index < -0.39 is 6.04 Å². The molecule has 1 unspecified atom stereocenters. The summed E-state index contributed by atoms with van der Waals surface area (Å²) in [7, 11) is 0. The van der Waals surface area contributed by atoms with Gasteiger partial charge in [0.05, 0.1) is 6.61 Å². The first-order valence-corrected chi connectivity index (χ1v) is 6.65. The van der Waals surface area contributed by atoms with Gasteiger partial charge in [-0.25, -0.2) is 0 Å². The number of hydrogen-bond donors (Lipinski definition) is 1. The van der Waals surface area contributed by atoms with Crippen LogP contribution in [0.5, 0.6) is 5.75 Å². The van der Waals surface area contributed by atoms with Gasteiger partial charge in [0.2, 0.25) is 0 Å². The predicted octanol–water partition coefficient (Wildman–Crippen LogP) is 1.83. The van der Waals surface area contributed by atoms with E-state index in [1.54, 1.807) is 6.92 Å². The van der Waals surface area contributed by atoms with Gasteiger partial charge in [0.1, 0.15) is 17.4 Å². The Morgan fingerprint density at radius 1 is 1.53 bits per heavy atom. The van der Waals surface area contributed by atoms with Crippen molar-refractivity contribution >= 4 is 5.97 Å². The molecule has 1 atom stereocenters. The zero-order chi connectivity index (χ0) is 14.0. The van der Waals surface area contributed by atoms with Gasteiger partial charge in [-0.05, 0) is 31.9 Å². The van der Waals surface area contributed by atoms with Crippen LogP contribution in [0.2, 0.25) is 0 Å². The van der Waals surface area contributed by atoms with E-state index in [0.29, 0.717) is 13.0 Å². The van der Waals surface area contributed by atoms with E-state index in [2.05, 4.69) is 19.9 Å². The third-order valence-electron chi connectivity index (χ3n) is 3.20. The lowest BCUT2D eigenvalue weighted by Gasteiger charge is -2.19. The van der Waals surface area contributed by atoms with Crippen molar-refractivity contribution in [3.05, 3.63) is 29.3 Å². The molecule has 0 fully saturated rings. The third-order valence-corrected chi connectivity index (χ3v) is 3.20. The summed E-state index contributed by atoms with van der Waals surface area (Å²) in [5.41, 5.74) is 7.83. The molecule has 1 aromatic rings. The minimum absolute atomic E-state index is 0.188. The Kier molecular flexibility index (Phi) is 3.80. The molecule has 0 radical (unpaired) electrons. The molecule has 2 rings (SSSR count). The van der Waals surface area contributed by atoms with Crippen molar-refractivity contribution in [3.8, 4) is 5.75 Å². The van der Waals surface area contributed by atoms with E-state index in [-0.39, 0.29) is 11.6 Å². The highest BCUT2D eigenvalue weighted by Gasteiger charge is 2.32. The number of benzene rings is 1. The zero-order valence-electron chi connectivity index (χ0n) is 11.7. The monoisotopic (exact) mass is 263 g/mol. The number of nitrogens with two attached hydrogens (primary N) is 1. The number of fused-ring (bicyclic) bond motifs is 1. The predicted molar refractivity (Wildman–Crippen MR) is 73.2 cm³/mol. The van der Waals surface area contributed by atoms with Gasteiger partial charge >= 0.3 is 5.97 Å². The standard InChI is InChI=1S/C15H21NO3/c1-4-18-14(17)12(16)8-10-6-5-7-11-9-15(2,3)19-13(10)11/h5-7,12H,4,8-9,16H2,1-3H3. The van der Waals surface area contributed by atoms with Crippen molar-refractivity contribution < 1.29 is 14.3 Å². The van der Waals surface area contributed by atoms with Crippen molar-refractivity contribution in [1.82, 2.24) is 0 Å². The molecule has 1 aliphatic heterocycles. The van der Waals surface area contributed by atoms with E-state index >= 15 is 0 Å². The molecule has 1 heterocycles. The Hall–Kier alpha value is -1.55. The van der Waals surface area contributed by atoms with Crippen molar-refractivity contribution in [1.29, 1.82) is 0 Å². The van der Waals surface area contributed by atoms with Crippen molar-refractivity contribution in [3.63, 3.8) is 0 Å². The molecule has 1 aliphatic rings. The number of esters is 1. The van der Waals surface area contributed by atoms with Crippen LogP contribution in [-0.2, 0) is 22.4 Å². The number of hydrogen-bond acceptors (Lipinski definition) is 4. The lowest BCUT2D eigenvalue weighted by Crippen LogP contribution is -2.34. The van der Waals surface area contributed by atoms with Crippen LogP contribution >= 0.6 is 0 Å². The highest BCUT2D eigenvalue weighted by atomic mass is 16.5. The molecule has 4 heteroatoms. The quantitative estimate of drug-likeness (QED) is 0.842. The molecule has 0 bridgehead atoms. The lowest BCUT2D eigenvalue weighted by atomic mass is 9.98. The van der Waals surface area contributed by atoms with E-state index in [1.807, 2.05) is 12.1 Å². The first-order valence-electron chi connectivity index (χ1n) is 6.65. The largest absolute Gasteiger partial charge is 0.487 e. The van der Waals surface area contributed by atoms with E-state index in [0.717, 1.165) is 17.7 Å². The summed E-state index contributed by atoms with van der Waals surface area (Å²) in [6, 6.07) is 5.36. The van der Waals surface area contributed by atoms with Gasteiger partial charge < -0.3 is 15.2 Å². The molecule has 4 nitrogen and oxygen atoms in total. The van der Waals surface area contributed by atoms with Gasteiger partial charge in [0, 0.05) is 12.8 Å². The Bertz CT molecular complexity index is 482. The minimum atomic E-state index is -0.640. The number of carbonyl (C=O) groups excluding carboxylic acids is 1. The number of ether oxygens (including phenoxy) is 2. The van der Waals surface area contributed by atoms with Crippen LogP contribution in [0.4, 0.5) is 0 Å². The fraction of sp³-hybridized carbons (Fsp3) is 0.533. The molecule has 0 saturated heterocycles. The van der Waals surface area contributed by atoms with E-state index in [4.69, 9.17) is 15.2 Å². The van der Waals surface area contributed by atoms with Gasteiger partial charge in [-0.1, -0.05) is 18.2 Å². The molecule has 2 N–H and O–H groups in total. The Labute approximate surface area is 113 Å². The highest BCUT2D eigenvalue weighted by Crippen LogP contribution is 2.37. The van der Waals surface area contributed by atoms with Crippen LogP contribution in [-0.4, -0.2) is 24.2 Å². The van der Waals surface area contributed by atoms with Gasteiger partial charge in [0.25, 0.3) is 0 Å². The first-order chi connectivity index (χ1) is 8.93. The van der Waals surface area contributed by atoms with Gasteiger partial charge in [-0.15, -0.1) is 0 Å². The fourth-order valence-corrected chi connectivity index (χ4v) is 2.41. The molecule has 0 aliphatic carbocycles. The molecule has 1 aromatic carbocycles. The summed E-state index contributed by atoms with van der Waals surface area (Å²) in [5.74, 6) is 0.518. The maximum atomic E-state index is 11.6. The smallest absolute Gasteiger partial charge is 0.323 e. The fourth-order valence-electron chi connectivity index (χ4n) is 2.41. The SMILES string of the molecule is CCOC(=O)C(N)Cc1cccc2c1OC(C)(C)C2. The van der Waals surface area contributed by atoms with Gasteiger partial charge in [0.15, 0.2) is 0 Å². The van der Waals surface area contributed by atoms with Crippen LogP contribution in [0.25, 0.3) is 0 Å².